The van der Waals surface area contributed by atoms with Crippen molar-refractivity contribution in [1.29, 1.82) is 0 Å². The SMILES string of the molecule is Cc1c(N)c(NCCOCCO)nc(Nc2ccccc2)c1N=Nc1ccc(S(=O)(=O)CCN(CCO)C(C)(C)C)cc1. The third-order valence-electron chi connectivity index (χ3n) is 6.68. The quantitative estimate of drug-likeness (QED) is 0.115. The van der Waals surface area contributed by atoms with E-state index in [0.29, 0.717) is 60.5 Å². The van der Waals surface area contributed by atoms with Gasteiger partial charge in [-0.2, -0.15) is 5.11 Å². The number of hydrogen-bond acceptors (Lipinski definition) is 12. The molecule has 3 rings (SSSR count). The number of rotatable bonds is 16. The van der Waals surface area contributed by atoms with Crippen LogP contribution >= 0.6 is 0 Å². The van der Waals surface area contributed by atoms with Gasteiger partial charge in [0.15, 0.2) is 21.5 Å². The van der Waals surface area contributed by atoms with Crippen LogP contribution in [-0.4, -0.2) is 85.9 Å². The number of ether oxygens (including phenoxy) is 1. The van der Waals surface area contributed by atoms with E-state index in [0.717, 1.165) is 5.69 Å². The third-order valence-corrected chi connectivity index (χ3v) is 8.39. The summed E-state index contributed by atoms with van der Waals surface area (Å²) in [5.41, 5.74) is 8.88. The van der Waals surface area contributed by atoms with Crippen LogP contribution in [0.15, 0.2) is 69.7 Å². The number of sulfone groups is 1. The van der Waals surface area contributed by atoms with Gasteiger partial charge in [0.05, 0.1) is 48.5 Å². The van der Waals surface area contributed by atoms with Gasteiger partial charge >= 0.3 is 0 Å². The largest absolute Gasteiger partial charge is 0.395 e. The number of aromatic nitrogens is 1. The van der Waals surface area contributed by atoms with Crippen molar-refractivity contribution in [2.24, 2.45) is 10.2 Å². The molecule has 13 heteroatoms. The highest BCUT2D eigenvalue weighted by Crippen LogP contribution is 2.38. The normalized spacial score (nSPS) is 12.3. The lowest BCUT2D eigenvalue weighted by molar-refractivity contribution is 0.0992. The highest BCUT2D eigenvalue weighted by Gasteiger charge is 2.24. The standard InChI is InChI=1S/C30H43N7O5S/c1-22-26(31)28(32-14-19-42-20-18-39)34-29(33-23-8-6-5-7-9-23)27(22)36-35-24-10-12-25(13-11-24)43(40,41)21-16-37(15-17-38)30(2,3)4/h5-13,38-39H,14-21,31H2,1-4H3,(H2,32,33,34). The first kappa shape index (κ1) is 33.9. The van der Waals surface area contributed by atoms with Gasteiger partial charge in [-0.1, -0.05) is 18.2 Å². The first-order chi connectivity index (χ1) is 20.5. The van der Waals surface area contributed by atoms with Crippen LogP contribution in [0.5, 0.6) is 0 Å². The first-order valence-electron chi connectivity index (χ1n) is 14.1. The monoisotopic (exact) mass is 613 g/mol. The summed E-state index contributed by atoms with van der Waals surface area (Å²) in [5, 5.41) is 33.5. The van der Waals surface area contributed by atoms with Gasteiger partial charge in [-0.15, -0.1) is 5.11 Å². The number of nitrogens with one attached hydrogen (secondary N) is 2. The molecule has 12 nitrogen and oxygen atoms in total. The van der Waals surface area contributed by atoms with Crippen molar-refractivity contribution in [2.75, 3.05) is 68.2 Å². The molecule has 1 heterocycles. The van der Waals surface area contributed by atoms with E-state index in [9.17, 15) is 13.5 Å². The molecule has 0 saturated heterocycles. The van der Waals surface area contributed by atoms with Crippen molar-refractivity contribution >= 4 is 44.2 Å². The van der Waals surface area contributed by atoms with Crippen LogP contribution in [-0.2, 0) is 14.6 Å². The Balaban J connectivity index is 1.82. The van der Waals surface area contributed by atoms with E-state index in [4.69, 9.17) is 15.6 Å². The summed E-state index contributed by atoms with van der Waals surface area (Å²) >= 11 is 0. The molecule has 2 aromatic carbocycles. The zero-order valence-electron chi connectivity index (χ0n) is 25.2. The second-order valence-corrected chi connectivity index (χ2v) is 13.0. The molecule has 0 saturated carbocycles. The Morgan fingerprint density at radius 2 is 1.65 bits per heavy atom. The predicted molar refractivity (Wildman–Crippen MR) is 171 cm³/mol. The first-order valence-corrected chi connectivity index (χ1v) is 15.8. The molecule has 0 amide bonds. The van der Waals surface area contributed by atoms with Gasteiger partial charge in [-0.05, 0) is 64.1 Å². The van der Waals surface area contributed by atoms with Crippen molar-refractivity contribution in [3.05, 3.63) is 60.2 Å². The number of benzene rings is 2. The van der Waals surface area contributed by atoms with Gasteiger partial charge in [0.2, 0.25) is 0 Å². The van der Waals surface area contributed by atoms with Crippen LogP contribution in [0.25, 0.3) is 0 Å². The van der Waals surface area contributed by atoms with Gasteiger partial charge in [-0.3, -0.25) is 4.90 Å². The van der Waals surface area contributed by atoms with Crippen molar-refractivity contribution < 1.29 is 23.4 Å². The van der Waals surface area contributed by atoms with E-state index < -0.39 is 9.84 Å². The van der Waals surface area contributed by atoms with Crippen LogP contribution in [0.3, 0.4) is 0 Å². The van der Waals surface area contributed by atoms with Crippen LogP contribution in [0.2, 0.25) is 0 Å². The number of nitrogen functional groups attached to an aromatic ring is 1. The molecular formula is C30H43N7O5S. The number of nitrogens with zero attached hydrogens (tertiary/aromatic N) is 4. The molecule has 0 aliphatic carbocycles. The summed E-state index contributed by atoms with van der Waals surface area (Å²) in [6.07, 6.45) is 0. The Labute approximate surface area is 253 Å². The van der Waals surface area contributed by atoms with Gasteiger partial charge in [-0.25, -0.2) is 13.4 Å². The fraction of sp³-hybridized carbons (Fsp3) is 0.433. The summed E-state index contributed by atoms with van der Waals surface area (Å²) in [7, 11) is -3.55. The van der Waals surface area contributed by atoms with Gasteiger partial charge in [0, 0.05) is 36.4 Å². The smallest absolute Gasteiger partial charge is 0.179 e. The summed E-state index contributed by atoms with van der Waals surface area (Å²) in [6, 6.07) is 15.7. The lowest BCUT2D eigenvalue weighted by Gasteiger charge is -2.35. The van der Waals surface area contributed by atoms with Gasteiger partial charge in [0.25, 0.3) is 0 Å². The molecule has 0 aliphatic heterocycles. The van der Waals surface area contributed by atoms with Crippen molar-refractivity contribution in [3.8, 4) is 0 Å². The highest BCUT2D eigenvalue weighted by molar-refractivity contribution is 7.91. The number of para-hydroxylation sites is 1. The number of aliphatic hydroxyl groups excluding tert-OH is 2. The van der Waals surface area contributed by atoms with E-state index in [2.05, 4.69) is 25.8 Å². The molecule has 0 unspecified atom stereocenters. The molecule has 1 aromatic heterocycles. The molecule has 3 aromatic rings. The van der Waals surface area contributed by atoms with E-state index in [1.807, 2.05) is 62.9 Å². The summed E-state index contributed by atoms with van der Waals surface area (Å²) < 4.78 is 31.3. The molecule has 0 fully saturated rings. The van der Waals surface area contributed by atoms with Crippen molar-refractivity contribution in [2.45, 2.75) is 38.1 Å². The van der Waals surface area contributed by atoms with Crippen molar-refractivity contribution in [3.63, 3.8) is 0 Å². The average Bonchev–Trinajstić information content (AvgIpc) is 2.97. The Bertz CT molecular complexity index is 1440. The number of anilines is 4. The maximum Gasteiger partial charge on any atom is 0.179 e. The highest BCUT2D eigenvalue weighted by atomic mass is 32.2. The van der Waals surface area contributed by atoms with Crippen LogP contribution in [0.1, 0.15) is 26.3 Å². The van der Waals surface area contributed by atoms with Gasteiger partial charge in [0.1, 0.15) is 5.69 Å². The molecule has 0 bridgehead atoms. The van der Waals surface area contributed by atoms with E-state index in [-0.39, 0.29) is 36.0 Å². The zero-order chi connectivity index (χ0) is 31.5. The Morgan fingerprint density at radius 3 is 2.28 bits per heavy atom. The minimum absolute atomic E-state index is 0.0418. The zero-order valence-corrected chi connectivity index (χ0v) is 26.1. The Hall–Kier alpha value is -3.62. The fourth-order valence-electron chi connectivity index (χ4n) is 4.20. The number of nitrogens with two attached hydrogens (primary N) is 1. The maximum atomic E-state index is 13.0. The molecule has 0 spiro atoms. The Morgan fingerprint density at radius 1 is 0.953 bits per heavy atom. The Kier molecular flexibility index (Phi) is 12.4. The summed E-state index contributed by atoms with van der Waals surface area (Å²) in [5.74, 6) is 0.824. The molecule has 0 aliphatic rings. The predicted octanol–water partition coefficient (Wildman–Crippen LogP) is 4.42. The number of β-amino-alcohol motifs (C(OH)–C–C–N with tert-alkyl or cyclic N) is 1. The summed E-state index contributed by atoms with van der Waals surface area (Å²) in [4.78, 5) is 6.80. The topological polar surface area (TPSA) is 175 Å². The summed E-state index contributed by atoms with van der Waals surface area (Å²) in [6.45, 7) is 9.44. The van der Waals surface area contributed by atoms with Crippen LogP contribution < -0.4 is 16.4 Å². The minimum atomic E-state index is -3.55. The van der Waals surface area contributed by atoms with E-state index in [1.54, 1.807) is 12.1 Å². The number of pyridine rings is 1. The number of azo groups is 1. The molecule has 0 atom stereocenters. The second-order valence-electron chi connectivity index (χ2n) is 10.8. The minimum Gasteiger partial charge on any atom is -0.395 e. The lowest BCUT2D eigenvalue weighted by Crippen LogP contribution is -2.45. The molecule has 6 N–H and O–H groups in total. The average molecular weight is 614 g/mol. The molecule has 234 valence electrons. The number of aliphatic hydroxyl groups is 2. The van der Waals surface area contributed by atoms with E-state index >= 15 is 0 Å². The fourth-order valence-corrected chi connectivity index (χ4v) is 5.45. The van der Waals surface area contributed by atoms with Gasteiger partial charge < -0.3 is 31.3 Å². The maximum absolute atomic E-state index is 13.0. The van der Waals surface area contributed by atoms with Crippen molar-refractivity contribution in [1.82, 2.24) is 9.88 Å². The molecule has 0 radical (unpaired) electrons. The molecular weight excluding hydrogens is 570 g/mol. The third kappa shape index (κ3) is 9.97. The second kappa shape index (κ2) is 15.7. The number of hydrogen-bond donors (Lipinski definition) is 5. The molecule has 43 heavy (non-hydrogen) atoms. The lowest BCUT2D eigenvalue weighted by atomic mass is 10.1. The van der Waals surface area contributed by atoms with Crippen LogP contribution in [0, 0.1) is 6.92 Å². The van der Waals surface area contributed by atoms with Crippen LogP contribution in [0.4, 0.5) is 34.4 Å². The van der Waals surface area contributed by atoms with E-state index in [1.165, 1.54) is 12.1 Å².